The van der Waals surface area contributed by atoms with Gasteiger partial charge in [0.1, 0.15) is 11.3 Å². The fourth-order valence-electron chi connectivity index (χ4n) is 2.98. The third-order valence-electron chi connectivity index (χ3n) is 4.54. The molecule has 3 aromatic rings. The van der Waals surface area contributed by atoms with Crippen LogP contribution in [0.4, 0.5) is 5.69 Å². The highest BCUT2D eigenvalue weighted by atomic mass is 35.5. The Morgan fingerprint density at radius 2 is 2.13 bits per heavy atom. The normalized spacial score (nSPS) is 11.3. The molecule has 7 nitrogen and oxygen atoms in total. The Bertz CT molecular complexity index is 1120. The molecule has 2 aromatic heterocycles. The lowest BCUT2D eigenvalue weighted by Crippen LogP contribution is -2.25. The van der Waals surface area contributed by atoms with E-state index in [2.05, 4.69) is 29.1 Å². The molecule has 0 saturated heterocycles. The Morgan fingerprint density at radius 1 is 1.37 bits per heavy atom. The minimum atomic E-state index is -0.212. The lowest BCUT2D eigenvalue weighted by atomic mass is 10.1. The minimum absolute atomic E-state index is 0.112. The quantitative estimate of drug-likeness (QED) is 0.392. The van der Waals surface area contributed by atoms with Gasteiger partial charge in [0.2, 0.25) is 5.91 Å². The maximum atomic E-state index is 13.0. The van der Waals surface area contributed by atoms with Crippen LogP contribution in [0.2, 0.25) is 5.02 Å². The number of benzene rings is 1. The predicted molar refractivity (Wildman–Crippen MR) is 122 cm³/mol. The van der Waals surface area contributed by atoms with Crippen molar-refractivity contribution in [2.24, 2.45) is 5.92 Å². The number of methoxy groups -OCH3 is 1. The zero-order chi connectivity index (χ0) is 21.8. The molecular formula is C21H25ClN4O3S. The highest BCUT2D eigenvalue weighted by Crippen LogP contribution is 2.27. The van der Waals surface area contributed by atoms with Crippen molar-refractivity contribution in [2.45, 2.75) is 38.9 Å². The summed E-state index contributed by atoms with van der Waals surface area (Å²) < 4.78 is 6.77. The number of anilines is 1. The summed E-state index contributed by atoms with van der Waals surface area (Å²) in [5, 5.41) is 3.76. The number of nitrogens with one attached hydrogen (secondary N) is 2. The number of aryl methyl sites for hydroxylation is 1. The van der Waals surface area contributed by atoms with Gasteiger partial charge in [-0.3, -0.25) is 14.2 Å². The van der Waals surface area contributed by atoms with Crippen LogP contribution >= 0.6 is 23.4 Å². The third kappa shape index (κ3) is 5.17. The molecule has 0 radical (unpaired) electrons. The van der Waals surface area contributed by atoms with Gasteiger partial charge in [-0.25, -0.2) is 4.98 Å². The number of aromatic nitrogens is 3. The molecule has 0 saturated carbocycles. The van der Waals surface area contributed by atoms with Crippen LogP contribution in [0.5, 0.6) is 5.75 Å². The van der Waals surface area contributed by atoms with E-state index < -0.39 is 0 Å². The van der Waals surface area contributed by atoms with E-state index in [-0.39, 0.29) is 17.2 Å². The predicted octanol–water partition coefficient (Wildman–Crippen LogP) is 4.47. The Morgan fingerprint density at radius 3 is 2.80 bits per heavy atom. The first-order valence-electron chi connectivity index (χ1n) is 9.64. The number of aromatic amines is 1. The first kappa shape index (κ1) is 22.2. The van der Waals surface area contributed by atoms with Crippen LogP contribution in [0, 0.1) is 12.8 Å². The molecule has 0 fully saturated rings. The Hall–Kier alpha value is -2.45. The molecule has 0 aliphatic heterocycles. The summed E-state index contributed by atoms with van der Waals surface area (Å²) in [6.45, 7) is 6.65. The minimum Gasteiger partial charge on any atom is -0.495 e. The van der Waals surface area contributed by atoms with Crippen molar-refractivity contribution in [3.8, 4) is 5.75 Å². The van der Waals surface area contributed by atoms with Crippen molar-refractivity contribution in [1.29, 1.82) is 0 Å². The molecule has 0 aliphatic carbocycles. The van der Waals surface area contributed by atoms with E-state index in [0.717, 1.165) is 12.1 Å². The molecule has 2 N–H and O–H groups in total. The number of carbonyl (C=O) groups is 1. The van der Waals surface area contributed by atoms with Gasteiger partial charge in [0, 0.05) is 17.9 Å². The molecule has 160 valence electrons. The van der Waals surface area contributed by atoms with Crippen molar-refractivity contribution < 1.29 is 9.53 Å². The largest absolute Gasteiger partial charge is 0.495 e. The second-order valence-electron chi connectivity index (χ2n) is 7.43. The Balaban J connectivity index is 1.78. The molecule has 1 aromatic carbocycles. The van der Waals surface area contributed by atoms with Gasteiger partial charge < -0.3 is 15.0 Å². The van der Waals surface area contributed by atoms with Crippen LogP contribution in [0.25, 0.3) is 11.0 Å². The molecule has 0 atom stereocenters. The smallest absolute Gasteiger partial charge is 0.278 e. The highest BCUT2D eigenvalue weighted by Gasteiger charge is 2.15. The van der Waals surface area contributed by atoms with Crippen LogP contribution in [-0.2, 0) is 11.3 Å². The van der Waals surface area contributed by atoms with Crippen molar-refractivity contribution in [3.63, 3.8) is 0 Å². The van der Waals surface area contributed by atoms with E-state index in [1.807, 2.05) is 13.0 Å². The van der Waals surface area contributed by atoms with Gasteiger partial charge in [-0.2, -0.15) is 0 Å². The molecule has 0 spiro atoms. The third-order valence-corrected chi connectivity index (χ3v) is 5.81. The van der Waals surface area contributed by atoms with Crippen LogP contribution in [-0.4, -0.2) is 33.3 Å². The average molecular weight is 449 g/mol. The first-order valence-corrected chi connectivity index (χ1v) is 11.0. The van der Waals surface area contributed by atoms with Gasteiger partial charge in [-0.1, -0.05) is 37.2 Å². The molecule has 3 rings (SSSR count). The summed E-state index contributed by atoms with van der Waals surface area (Å²) in [6.07, 6.45) is 0.844. The number of nitrogens with zero attached hydrogens (tertiary/aromatic N) is 2. The fourth-order valence-corrected chi connectivity index (χ4v) is 4.06. The Kier molecular flexibility index (Phi) is 7.10. The molecule has 2 heterocycles. The SMILES string of the molecule is COc1ccc(NC(=O)CSc2nc3cc(C)[nH]c3c(=O)n2CCC(C)C)cc1Cl. The number of fused-ring (bicyclic) bond motifs is 1. The van der Waals surface area contributed by atoms with E-state index in [9.17, 15) is 9.59 Å². The van der Waals surface area contributed by atoms with E-state index in [0.29, 0.717) is 45.1 Å². The maximum Gasteiger partial charge on any atom is 0.278 e. The number of halogens is 1. The number of rotatable bonds is 8. The summed E-state index contributed by atoms with van der Waals surface area (Å²) >= 11 is 7.35. The van der Waals surface area contributed by atoms with Gasteiger partial charge >= 0.3 is 0 Å². The van der Waals surface area contributed by atoms with E-state index >= 15 is 0 Å². The molecule has 9 heteroatoms. The van der Waals surface area contributed by atoms with Crippen molar-refractivity contribution in [3.05, 3.63) is 45.3 Å². The molecule has 0 aliphatic rings. The number of hydrogen-bond donors (Lipinski definition) is 2. The Labute approximate surface area is 184 Å². The number of amides is 1. The summed E-state index contributed by atoms with van der Waals surface area (Å²) in [5.41, 5.74) is 2.45. The molecule has 0 unspecified atom stereocenters. The van der Waals surface area contributed by atoms with Crippen molar-refractivity contribution in [1.82, 2.24) is 14.5 Å². The standard InChI is InChI=1S/C21H25ClN4O3S/c1-12(2)7-8-26-20(28)19-16(9-13(3)23-19)25-21(26)30-11-18(27)24-14-5-6-17(29-4)15(22)10-14/h5-6,9-10,12,23H,7-8,11H2,1-4H3,(H,24,27). The van der Waals surface area contributed by atoms with Gasteiger partial charge in [-0.05, 0) is 43.5 Å². The van der Waals surface area contributed by atoms with Gasteiger partial charge in [0.15, 0.2) is 5.16 Å². The first-order chi connectivity index (χ1) is 14.3. The second-order valence-corrected chi connectivity index (χ2v) is 8.78. The summed E-state index contributed by atoms with van der Waals surface area (Å²) in [7, 11) is 1.53. The molecule has 30 heavy (non-hydrogen) atoms. The molecule has 0 bridgehead atoms. The zero-order valence-electron chi connectivity index (χ0n) is 17.4. The summed E-state index contributed by atoms with van der Waals surface area (Å²) in [5.74, 6) is 0.889. The number of H-pyrrole nitrogens is 1. The number of thioether (sulfide) groups is 1. The monoisotopic (exact) mass is 448 g/mol. The average Bonchev–Trinajstić information content (AvgIpc) is 3.06. The lowest BCUT2D eigenvalue weighted by molar-refractivity contribution is -0.113. The fraction of sp³-hybridized carbons (Fsp3) is 0.381. The zero-order valence-corrected chi connectivity index (χ0v) is 19.0. The highest BCUT2D eigenvalue weighted by molar-refractivity contribution is 7.99. The van der Waals surface area contributed by atoms with Crippen LogP contribution < -0.4 is 15.6 Å². The maximum absolute atomic E-state index is 13.0. The summed E-state index contributed by atoms with van der Waals surface area (Å²) in [4.78, 5) is 33.1. The van der Waals surface area contributed by atoms with Crippen LogP contribution in [0.1, 0.15) is 26.0 Å². The lowest BCUT2D eigenvalue weighted by Gasteiger charge is -2.13. The molecule has 1 amide bonds. The van der Waals surface area contributed by atoms with Crippen LogP contribution in [0.15, 0.2) is 34.2 Å². The number of ether oxygens (including phenoxy) is 1. The topological polar surface area (TPSA) is 89.0 Å². The number of carbonyl (C=O) groups excluding carboxylic acids is 1. The van der Waals surface area contributed by atoms with Crippen LogP contribution in [0.3, 0.4) is 0 Å². The van der Waals surface area contributed by atoms with Gasteiger partial charge in [-0.15, -0.1) is 0 Å². The number of hydrogen-bond acceptors (Lipinski definition) is 5. The van der Waals surface area contributed by atoms with Gasteiger partial charge in [0.05, 0.1) is 23.4 Å². The van der Waals surface area contributed by atoms with Gasteiger partial charge in [0.25, 0.3) is 5.56 Å². The van der Waals surface area contributed by atoms with Crippen molar-refractivity contribution in [2.75, 3.05) is 18.2 Å². The second kappa shape index (κ2) is 9.57. The van der Waals surface area contributed by atoms with E-state index in [1.165, 1.54) is 18.9 Å². The summed E-state index contributed by atoms with van der Waals surface area (Å²) in [6, 6.07) is 6.89. The molecular weight excluding hydrogens is 424 g/mol. The van der Waals surface area contributed by atoms with E-state index in [4.69, 9.17) is 16.3 Å². The van der Waals surface area contributed by atoms with Crippen molar-refractivity contribution >= 4 is 46.0 Å². The van der Waals surface area contributed by atoms with E-state index in [1.54, 1.807) is 22.8 Å².